The van der Waals surface area contributed by atoms with Crippen LogP contribution in [-0.2, 0) is 4.79 Å². The third kappa shape index (κ3) is 9.32. The van der Waals surface area contributed by atoms with Crippen LogP contribution in [0.25, 0.3) is 11.0 Å². The van der Waals surface area contributed by atoms with Crippen molar-refractivity contribution < 1.29 is 23.4 Å². The van der Waals surface area contributed by atoms with Crippen molar-refractivity contribution in [2.75, 3.05) is 13.2 Å². The predicted octanol–water partition coefficient (Wildman–Crippen LogP) is 6.97. The van der Waals surface area contributed by atoms with E-state index in [2.05, 4.69) is 19.9 Å². The fourth-order valence-electron chi connectivity index (χ4n) is 3.56. The number of carbonyl (C=O) groups excluding carboxylic acids is 1. The first kappa shape index (κ1) is 26.5. The van der Waals surface area contributed by atoms with Gasteiger partial charge in [0.05, 0.1) is 18.6 Å². The Kier molecular flexibility index (Phi) is 12.2. The highest BCUT2D eigenvalue weighted by Crippen LogP contribution is 2.35. The molecule has 182 valence electrons. The van der Waals surface area contributed by atoms with Crippen molar-refractivity contribution in [1.29, 1.82) is 0 Å². The summed E-state index contributed by atoms with van der Waals surface area (Å²) >= 11 is 0. The summed E-state index contributed by atoms with van der Waals surface area (Å²) in [5, 5.41) is 0.615. The number of carbonyl (C=O) groups is 1. The van der Waals surface area contributed by atoms with Crippen LogP contribution >= 0.6 is 0 Å². The van der Waals surface area contributed by atoms with Crippen LogP contribution < -0.4 is 19.8 Å². The van der Waals surface area contributed by atoms with Gasteiger partial charge in [-0.25, -0.2) is 4.79 Å². The Hall–Kier alpha value is -2.76. The van der Waals surface area contributed by atoms with Crippen LogP contribution in [0.5, 0.6) is 17.2 Å². The minimum Gasteiger partial charge on any atom is -0.489 e. The molecule has 6 nitrogen and oxygen atoms in total. The summed E-state index contributed by atoms with van der Waals surface area (Å²) in [6.45, 7) is 6.46. The van der Waals surface area contributed by atoms with Gasteiger partial charge in [0.2, 0.25) is 5.75 Å². The Labute approximate surface area is 196 Å². The second-order valence-corrected chi connectivity index (χ2v) is 8.14. The molecule has 0 atom stereocenters. The summed E-state index contributed by atoms with van der Waals surface area (Å²) < 4.78 is 22.4. The number of hydrogen-bond acceptors (Lipinski definition) is 6. The maximum absolute atomic E-state index is 12.7. The van der Waals surface area contributed by atoms with Crippen molar-refractivity contribution in [2.24, 2.45) is 0 Å². The fraction of sp³-hybridized carbons (Fsp3) is 0.556. The predicted molar refractivity (Wildman–Crippen MR) is 131 cm³/mol. The van der Waals surface area contributed by atoms with Crippen molar-refractivity contribution >= 4 is 16.9 Å². The Bertz CT molecular complexity index is 944. The van der Waals surface area contributed by atoms with E-state index >= 15 is 0 Å². The molecule has 0 N–H and O–H groups in total. The minimum absolute atomic E-state index is 0.0900. The zero-order valence-electron chi connectivity index (χ0n) is 20.3. The van der Waals surface area contributed by atoms with E-state index in [1.165, 1.54) is 51.5 Å². The van der Waals surface area contributed by atoms with Gasteiger partial charge in [0, 0.05) is 13.0 Å². The SMILES string of the molecule is CC/C=C/CCOc1c(OCCCCCCCCCC)c2ccc(OC(C)=O)cc2oc1=O. The second kappa shape index (κ2) is 15.1. The van der Waals surface area contributed by atoms with Gasteiger partial charge in [-0.05, 0) is 31.4 Å². The van der Waals surface area contributed by atoms with E-state index in [9.17, 15) is 9.59 Å². The lowest BCUT2D eigenvalue weighted by Crippen LogP contribution is -2.12. The van der Waals surface area contributed by atoms with Crippen LogP contribution in [0.3, 0.4) is 0 Å². The van der Waals surface area contributed by atoms with E-state index < -0.39 is 11.6 Å². The largest absolute Gasteiger partial charge is 0.489 e. The average molecular weight is 459 g/mol. The molecule has 1 aromatic heterocycles. The van der Waals surface area contributed by atoms with Crippen LogP contribution in [0.2, 0.25) is 0 Å². The first-order valence-electron chi connectivity index (χ1n) is 12.3. The van der Waals surface area contributed by atoms with Crippen molar-refractivity contribution in [3.05, 3.63) is 40.8 Å². The number of ether oxygens (including phenoxy) is 3. The Morgan fingerprint density at radius 2 is 1.61 bits per heavy atom. The summed E-state index contributed by atoms with van der Waals surface area (Å²) in [7, 11) is 0. The normalized spacial score (nSPS) is 11.2. The van der Waals surface area contributed by atoms with E-state index in [1.54, 1.807) is 12.1 Å². The number of fused-ring (bicyclic) bond motifs is 1. The van der Waals surface area contributed by atoms with Gasteiger partial charge in [-0.2, -0.15) is 0 Å². The molecule has 0 spiro atoms. The molecule has 1 heterocycles. The van der Waals surface area contributed by atoms with Crippen molar-refractivity contribution in [3.8, 4) is 17.2 Å². The lowest BCUT2D eigenvalue weighted by atomic mass is 10.1. The first-order valence-corrected chi connectivity index (χ1v) is 12.3. The lowest BCUT2D eigenvalue weighted by molar-refractivity contribution is -0.131. The molecule has 0 bridgehead atoms. The second-order valence-electron chi connectivity index (χ2n) is 8.14. The van der Waals surface area contributed by atoms with Gasteiger partial charge in [0.15, 0.2) is 5.75 Å². The molecule has 6 heteroatoms. The van der Waals surface area contributed by atoms with E-state index in [0.717, 1.165) is 19.3 Å². The summed E-state index contributed by atoms with van der Waals surface area (Å²) in [5.74, 6) is 0.346. The zero-order valence-corrected chi connectivity index (χ0v) is 20.3. The summed E-state index contributed by atoms with van der Waals surface area (Å²) in [6, 6.07) is 4.90. The van der Waals surface area contributed by atoms with Crippen molar-refractivity contribution in [2.45, 2.75) is 85.0 Å². The number of unbranched alkanes of at least 4 members (excludes halogenated alkanes) is 7. The van der Waals surface area contributed by atoms with Gasteiger partial charge >= 0.3 is 11.6 Å². The van der Waals surface area contributed by atoms with Crippen LogP contribution in [0.1, 0.15) is 85.0 Å². The molecule has 0 radical (unpaired) electrons. The summed E-state index contributed by atoms with van der Waals surface area (Å²) in [5.41, 5.74) is -0.309. The number of hydrogen-bond donors (Lipinski definition) is 0. The van der Waals surface area contributed by atoms with Gasteiger partial charge < -0.3 is 18.6 Å². The maximum Gasteiger partial charge on any atom is 0.383 e. The molecule has 0 unspecified atom stereocenters. The monoisotopic (exact) mass is 458 g/mol. The topological polar surface area (TPSA) is 75.0 Å². The van der Waals surface area contributed by atoms with Crippen molar-refractivity contribution in [1.82, 2.24) is 0 Å². The molecular weight excluding hydrogens is 420 g/mol. The molecule has 33 heavy (non-hydrogen) atoms. The van der Waals surface area contributed by atoms with Gasteiger partial charge in [0.1, 0.15) is 11.3 Å². The van der Waals surface area contributed by atoms with Crippen LogP contribution in [-0.4, -0.2) is 19.2 Å². The summed E-state index contributed by atoms with van der Waals surface area (Å²) in [4.78, 5) is 23.9. The van der Waals surface area contributed by atoms with E-state index in [1.807, 2.05) is 6.08 Å². The molecule has 0 fully saturated rings. The quantitative estimate of drug-likeness (QED) is 0.0888. The van der Waals surface area contributed by atoms with E-state index in [0.29, 0.717) is 42.1 Å². The fourth-order valence-corrected chi connectivity index (χ4v) is 3.56. The maximum atomic E-state index is 12.7. The number of rotatable bonds is 16. The molecule has 1 aromatic carbocycles. The number of benzene rings is 1. The molecule has 2 rings (SSSR count). The van der Waals surface area contributed by atoms with Crippen LogP contribution in [0.4, 0.5) is 0 Å². The van der Waals surface area contributed by atoms with Gasteiger partial charge in [-0.15, -0.1) is 0 Å². The Morgan fingerprint density at radius 1 is 0.909 bits per heavy atom. The van der Waals surface area contributed by atoms with E-state index in [4.69, 9.17) is 18.6 Å². The van der Waals surface area contributed by atoms with E-state index in [-0.39, 0.29) is 5.75 Å². The molecular formula is C27H38O6. The molecule has 0 aliphatic rings. The van der Waals surface area contributed by atoms with Gasteiger partial charge in [0.25, 0.3) is 0 Å². The first-order chi connectivity index (χ1) is 16.1. The van der Waals surface area contributed by atoms with Crippen molar-refractivity contribution in [3.63, 3.8) is 0 Å². The molecule has 0 saturated heterocycles. The molecule has 2 aromatic rings. The number of esters is 1. The highest BCUT2D eigenvalue weighted by atomic mass is 16.5. The smallest absolute Gasteiger partial charge is 0.383 e. The minimum atomic E-state index is -0.604. The highest BCUT2D eigenvalue weighted by molar-refractivity contribution is 5.87. The number of allylic oxidation sites excluding steroid dienone is 1. The average Bonchev–Trinajstić information content (AvgIpc) is 2.78. The highest BCUT2D eigenvalue weighted by Gasteiger charge is 2.18. The lowest BCUT2D eigenvalue weighted by Gasteiger charge is -2.14. The molecule has 0 amide bonds. The third-order valence-electron chi connectivity index (χ3n) is 5.23. The van der Waals surface area contributed by atoms with Crippen LogP contribution in [0, 0.1) is 0 Å². The van der Waals surface area contributed by atoms with Crippen LogP contribution in [0.15, 0.2) is 39.6 Å². The van der Waals surface area contributed by atoms with Gasteiger partial charge in [-0.3, -0.25) is 4.79 Å². The standard InChI is InChI=1S/C27H38O6/c1-4-6-8-10-11-12-13-15-18-30-25-23-17-16-22(32-21(3)28)20-24(23)33-27(29)26(25)31-19-14-9-7-5-2/h7,9,16-17,20H,4-6,8,10-15,18-19H2,1-3H3/b9-7+. The Balaban J connectivity index is 2.10. The molecule has 0 saturated carbocycles. The summed E-state index contributed by atoms with van der Waals surface area (Å²) in [6.07, 6.45) is 15.3. The molecule has 0 aliphatic heterocycles. The molecule has 0 aliphatic carbocycles. The zero-order chi connectivity index (χ0) is 23.9. The third-order valence-corrected chi connectivity index (χ3v) is 5.23. The van der Waals surface area contributed by atoms with Gasteiger partial charge in [-0.1, -0.05) is 70.9 Å². The Morgan fingerprint density at radius 3 is 2.30 bits per heavy atom.